The van der Waals surface area contributed by atoms with E-state index in [1.54, 1.807) is 6.07 Å². The van der Waals surface area contributed by atoms with Crippen molar-refractivity contribution in [3.05, 3.63) is 34.3 Å². The van der Waals surface area contributed by atoms with Crippen molar-refractivity contribution < 1.29 is 14.4 Å². The van der Waals surface area contributed by atoms with Gasteiger partial charge in [-0.15, -0.1) is 0 Å². The standard InChI is InChI=1S/C14H18BrN3O2S/c15-12-4-2-1-3-11(12)13(19)17-14(21)16-5-6-18-7-9-20-10-8-18/h1-4H,5-10H2,(H2,16,17,19,21)/p+1. The Balaban J connectivity index is 1.71. The van der Waals surface area contributed by atoms with Gasteiger partial charge in [0.1, 0.15) is 13.1 Å². The second-order valence-electron chi connectivity index (χ2n) is 4.80. The number of thiocarbonyl (C=S) groups is 1. The normalized spacial score (nSPS) is 15.5. The zero-order chi connectivity index (χ0) is 15.1. The lowest BCUT2D eigenvalue weighted by Gasteiger charge is -2.23. The molecule has 0 aliphatic carbocycles. The molecule has 21 heavy (non-hydrogen) atoms. The molecule has 0 aromatic heterocycles. The van der Waals surface area contributed by atoms with Crippen molar-refractivity contribution in [2.45, 2.75) is 0 Å². The van der Waals surface area contributed by atoms with Crippen molar-refractivity contribution in [1.29, 1.82) is 0 Å². The summed E-state index contributed by atoms with van der Waals surface area (Å²) in [7, 11) is 0. The van der Waals surface area contributed by atoms with Gasteiger partial charge in [0.25, 0.3) is 5.91 Å². The van der Waals surface area contributed by atoms with E-state index in [2.05, 4.69) is 26.6 Å². The highest BCUT2D eigenvalue weighted by atomic mass is 79.9. The maximum atomic E-state index is 12.1. The van der Waals surface area contributed by atoms with Gasteiger partial charge in [0.15, 0.2) is 5.11 Å². The van der Waals surface area contributed by atoms with Crippen LogP contribution in [0.15, 0.2) is 28.7 Å². The quantitative estimate of drug-likeness (QED) is 0.649. The van der Waals surface area contributed by atoms with Crippen LogP contribution in [0, 0.1) is 0 Å². The summed E-state index contributed by atoms with van der Waals surface area (Å²) in [6, 6.07) is 7.26. The molecule has 0 atom stereocenters. The number of rotatable bonds is 4. The first-order valence-corrected chi connectivity index (χ1v) is 8.12. The van der Waals surface area contributed by atoms with Crippen LogP contribution in [0.25, 0.3) is 0 Å². The highest BCUT2D eigenvalue weighted by Crippen LogP contribution is 2.15. The van der Waals surface area contributed by atoms with Crippen LogP contribution in [-0.2, 0) is 4.74 Å². The second-order valence-corrected chi connectivity index (χ2v) is 6.06. The molecule has 1 fully saturated rings. The Bertz CT molecular complexity index is 507. The zero-order valence-electron chi connectivity index (χ0n) is 11.7. The van der Waals surface area contributed by atoms with Crippen molar-refractivity contribution in [3.63, 3.8) is 0 Å². The van der Waals surface area contributed by atoms with Gasteiger partial charge in [-0.2, -0.15) is 0 Å². The van der Waals surface area contributed by atoms with Gasteiger partial charge in [-0.05, 0) is 40.3 Å². The van der Waals surface area contributed by atoms with Crippen molar-refractivity contribution >= 4 is 39.2 Å². The molecule has 0 saturated carbocycles. The smallest absolute Gasteiger partial charge is 0.258 e. The van der Waals surface area contributed by atoms with Crippen LogP contribution in [0.2, 0.25) is 0 Å². The molecule has 1 saturated heterocycles. The molecule has 0 unspecified atom stereocenters. The Morgan fingerprint density at radius 3 is 2.76 bits per heavy atom. The van der Waals surface area contributed by atoms with Gasteiger partial charge in [-0.25, -0.2) is 0 Å². The maximum Gasteiger partial charge on any atom is 0.258 e. The third-order valence-electron chi connectivity index (χ3n) is 3.31. The van der Waals surface area contributed by atoms with E-state index in [-0.39, 0.29) is 5.91 Å². The van der Waals surface area contributed by atoms with E-state index < -0.39 is 0 Å². The number of nitrogens with one attached hydrogen (secondary N) is 3. The molecule has 5 nitrogen and oxygen atoms in total. The zero-order valence-corrected chi connectivity index (χ0v) is 14.1. The molecule has 0 radical (unpaired) electrons. The van der Waals surface area contributed by atoms with E-state index in [9.17, 15) is 4.79 Å². The van der Waals surface area contributed by atoms with E-state index in [0.29, 0.717) is 10.7 Å². The fourth-order valence-electron chi connectivity index (χ4n) is 2.12. The summed E-state index contributed by atoms with van der Waals surface area (Å²) in [4.78, 5) is 13.5. The minimum atomic E-state index is -0.210. The van der Waals surface area contributed by atoms with Gasteiger partial charge in [-0.1, -0.05) is 12.1 Å². The number of carbonyl (C=O) groups excluding carboxylic acids is 1. The van der Waals surface area contributed by atoms with Crippen LogP contribution < -0.4 is 15.5 Å². The van der Waals surface area contributed by atoms with Crippen LogP contribution in [-0.4, -0.2) is 50.4 Å². The summed E-state index contributed by atoms with van der Waals surface area (Å²) in [6.45, 7) is 5.39. The Morgan fingerprint density at radius 1 is 1.33 bits per heavy atom. The monoisotopic (exact) mass is 372 g/mol. The Kier molecular flexibility index (Phi) is 6.56. The van der Waals surface area contributed by atoms with Gasteiger partial charge in [-0.3, -0.25) is 10.1 Å². The van der Waals surface area contributed by atoms with E-state index in [0.717, 1.165) is 43.9 Å². The highest BCUT2D eigenvalue weighted by molar-refractivity contribution is 9.10. The minimum absolute atomic E-state index is 0.210. The van der Waals surface area contributed by atoms with E-state index in [1.165, 1.54) is 4.90 Å². The lowest BCUT2D eigenvalue weighted by atomic mass is 10.2. The predicted molar refractivity (Wildman–Crippen MR) is 88.6 cm³/mol. The third-order valence-corrected chi connectivity index (χ3v) is 4.25. The molecule has 1 amide bonds. The summed E-state index contributed by atoms with van der Waals surface area (Å²) < 4.78 is 6.06. The van der Waals surface area contributed by atoms with Crippen molar-refractivity contribution in [3.8, 4) is 0 Å². The molecule has 7 heteroatoms. The SMILES string of the molecule is O=C(NC(=S)NCC[NH+]1CCOCC1)c1ccccc1Br. The molecule has 1 aliphatic rings. The van der Waals surface area contributed by atoms with E-state index in [4.69, 9.17) is 17.0 Å². The molecule has 0 spiro atoms. The largest absolute Gasteiger partial charge is 0.370 e. The van der Waals surface area contributed by atoms with Crippen molar-refractivity contribution in [1.82, 2.24) is 10.6 Å². The number of ether oxygens (including phenoxy) is 1. The van der Waals surface area contributed by atoms with Crippen LogP contribution in [0.5, 0.6) is 0 Å². The van der Waals surface area contributed by atoms with Gasteiger partial charge >= 0.3 is 0 Å². The van der Waals surface area contributed by atoms with Crippen LogP contribution in [0.4, 0.5) is 0 Å². The molecule has 114 valence electrons. The fraction of sp³-hybridized carbons (Fsp3) is 0.429. The second kappa shape index (κ2) is 8.43. The molecular weight excluding hydrogens is 354 g/mol. The molecule has 1 aromatic carbocycles. The van der Waals surface area contributed by atoms with E-state index in [1.807, 2.05) is 18.2 Å². The Labute approximate surface area is 138 Å². The highest BCUT2D eigenvalue weighted by Gasteiger charge is 2.14. The van der Waals surface area contributed by atoms with Gasteiger partial charge in [0, 0.05) is 4.47 Å². The van der Waals surface area contributed by atoms with Crippen LogP contribution >= 0.6 is 28.1 Å². The number of hydrogen-bond donors (Lipinski definition) is 3. The van der Waals surface area contributed by atoms with Gasteiger partial charge < -0.3 is 15.0 Å². The Hall–Kier alpha value is -1.02. The molecule has 0 bridgehead atoms. The first-order valence-electron chi connectivity index (χ1n) is 6.92. The summed E-state index contributed by atoms with van der Waals surface area (Å²) in [5.41, 5.74) is 0.570. The predicted octanol–water partition coefficient (Wildman–Crippen LogP) is -0.0315. The lowest BCUT2D eigenvalue weighted by Crippen LogP contribution is -3.14. The number of amides is 1. The third kappa shape index (κ3) is 5.35. The number of benzene rings is 1. The molecule has 3 N–H and O–H groups in total. The molecule has 1 heterocycles. The van der Waals surface area contributed by atoms with Crippen LogP contribution in [0.3, 0.4) is 0 Å². The van der Waals surface area contributed by atoms with E-state index >= 15 is 0 Å². The van der Waals surface area contributed by atoms with Gasteiger partial charge in [0.05, 0.1) is 31.9 Å². The molecular formula is C14H19BrN3O2S+. The number of hydrogen-bond acceptors (Lipinski definition) is 3. The summed E-state index contributed by atoms with van der Waals surface area (Å²) in [5, 5.41) is 6.13. The topological polar surface area (TPSA) is 54.8 Å². The van der Waals surface area contributed by atoms with Crippen molar-refractivity contribution in [2.24, 2.45) is 0 Å². The summed E-state index contributed by atoms with van der Waals surface area (Å²) >= 11 is 8.50. The molecule has 1 aliphatic heterocycles. The average Bonchev–Trinajstić information content (AvgIpc) is 2.48. The Morgan fingerprint density at radius 2 is 2.05 bits per heavy atom. The average molecular weight is 373 g/mol. The number of quaternary nitrogens is 1. The van der Waals surface area contributed by atoms with Crippen molar-refractivity contribution in [2.75, 3.05) is 39.4 Å². The summed E-state index contributed by atoms with van der Waals surface area (Å²) in [6.07, 6.45) is 0. The maximum absolute atomic E-state index is 12.1. The summed E-state index contributed by atoms with van der Waals surface area (Å²) in [5.74, 6) is -0.210. The molecule has 2 rings (SSSR count). The first-order chi connectivity index (χ1) is 10.2. The first kappa shape index (κ1) is 16.4. The molecule has 1 aromatic rings. The fourth-order valence-corrected chi connectivity index (χ4v) is 2.78. The number of halogens is 1. The minimum Gasteiger partial charge on any atom is -0.370 e. The van der Waals surface area contributed by atoms with Crippen LogP contribution in [0.1, 0.15) is 10.4 Å². The number of morpholine rings is 1. The number of carbonyl (C=O) groups is 1. The van der Waals surface area contributed by atoms with Gasteiger partial charge in [0.2, 0.25) is 0 Å². The lowest BCUT2D eigenvalue weighted by molar-refractivity contribution is -0.906.